The minimum absolute atomic E-state index is 0.140. The molecule has 0 unspecified atom stereocenters. The first kappa shape index (κ1) is 27.8. The monoisotopic (exact) mass is 553 g/mol. The summed E-state index contributed by atoms with van der Waals surface area (Å²) in [5, 5.41) is 4.44. The number of benzene rings is 2. The summed E-state index contributed by atoms with van der Waals surface area (Å²) < 4.78 is 11.2. The number of amides is 2. The second kappa shape index (κ2) is 10.0. The molecule has 0 aliphatic carbocycles. The van der Waals surface area contributed by atoms with Crippen LogP contribution >= 0.6 is 11.6 Å². The zero-order valence-corrected chi connectivity index (χ0v) is 24.7. The number of rotatable bonds is 5. The van der Waals surface area contributed by atoms with Gasteiger partial charge in [0.15, 0.2) is 0 Å². The molecule has 5 rings (SSSR count). The summed E-state index contributed by atoms with van der Waals surface area (Å²) in [5.41, 5.74) is 3.25. The van der Waals surface area contributed by atoms with E-state index in [0.29, 0.717) is 30.6 Å². The predicted octanol–water partition coefficient (Wildman–Crippen LogP) is 6.26. The lowest BCUT2D eigenvalue weighted by Crippen LogP contribution is -2.65. The number of nitrogens with one attached hydrogen (secondary N) is 1. The van der Waals surface area contributed by atoms with E-state index in [1.54, 1.807) is 4.90 Å². The van der Waals surface area contributed by atoms with E-state index in [0.717, 1.165) is 54.1 Å². The minimum atomic E-state index is -0.579. The van der Waals surface area contributed by atoms with E-state index in [9.17, 15) is 9.59 Å². The van der Waals surface area contributed by atoms with E-state index in [1.165, 1.54) is 0 Å². The number of hydrogen-bond acceptors (Lipinski definition) is 5. The van der Waals surface area contributed by atoms with Crippen molar-refractivity contribution in [3.63, 3.8) is 0 Å². The third-order valence-electron chi connectivity index (χ3n) is 8.26. The average Bonchev–Trinajstić information content (AvgIpc) is 3.02. The van der Waals surface area contributed by atoms with E-state index in [2.05, 4.69) is 23.5 Å². The molecule has 3 aliphatic heterocycles. The van der Waals surface area contributed by atoms with Crippen molar-refractivity contribution in [2.75, 3.05) is 43.1 Å². The summed E-state index contributed by atoms with van der Waals surface area (Å²) in [5.74, 6) is 0.567. The first-order valence-electron chi connectivity index (χ1n) is 13.9. The molecule has 0 radical (unpaired) electrons. The second-order valence-electron chi connectivity index (χ2n) is 12.8. The number of halogens is 1. The van der Waals surface area contributed by atoms with Gasteiger partial charge in [-0.1, -0.05) is 29.8 Å². The number of hydrogen-bond donors (Lipinski definition) is 1. The van der Waals surface area contributed by atoms with Gasteiger partial charge in [0.2, 0.25) is 5.91 Å². The predicted molar refractivity (Wildman–Crippen MR) is 155 cm³/mol. The quantitative estimate of drug-likeness (QED) is 0.473. The maximum Gasteiger partial charge on any atom is 0.410 e. The number of ether oxygens (including phenoxy) is 2. The van der Waals surface area contributed by atoms with Gasteiger partial charge >= 0.3 is 6.09 Å². The topological polar surface area (TPSA) is 71.1 Å². The molecule has 0 bridgehead atoms. The van der Waals surface area contributed by atoms with E-state index in [-0.39, 0.29) is 12.0 Å². The van der Waals surface area contributed by atoms with Gasteiger partial charge in [-0.05, 0) is 95.2 Å². The minimum Gasteiger partial charge on any atom is -0.444 e. The van der Waals surface area contributed by atoms with Gasteiger partial charge in [-0.25, -0.2) is 4.79 Å². The molecule has 0 atom stereocenters. The smallest absolute Gasteiger partial charge is 0.410 e. The summed E-state index contributed by atoms with van der Waals surface area (Å²) in [6, 6.07) is 12.1. The van der Waals surface area contributed by atoms with Gasteiger partial charge in [0, 0.05) is 36.2 Å². The van der Waals surface area contributed by atoms with Crippen LogP contribution in [0.1, 0.15) is 64.2 Å². The van der Waals surface area contributed by atoms with Crippen LogP contribution in [0.5, 0.6) is 0 Å². The Bertz CT molecular complexity index is 1270. The number of fused-ring (bicyclic) bond motifs is 1. The highest BCUT2D eigenvalue weighted by Gasteiger charge is 2.50. The van der Waals surface area contributed by atoms with Gasteiger partial charge in [-0.2, -0.15) is 0 Å². The molecular formula is C31H40ClN3O4. The van der Waals surface area contributed by atoms with Gasteiger partial charge in [0.05, 0.1) is 24.0 Å². The lowest BCUT2D eigenvalue weighted by molar-refractivity contribution is -0.122. The van der Waals surface area contributed by atoms with Crippen LogP contribution in [-0.4, -0.2) is 55.3 Å². The SMILES string of the molecule is Cc1c(Cl)cccc1C1(Nc2ccc3c(c2)N(CC2CCOCC2)C(=O)C3(C)C)CN(C(=O)OC(C)(C)C)C1. The Morgan fingerprint density at radius 2 is 1.82 bits per heavy atom. The van der Waals surface area contributed by atoms with Crippen molar-refractivity contribution >= 4 is 35.0 Å². The lowest BCUT2D eigenvalue weighted by atomic mass is 9.79. The molecule has 0 saturated carbocycles. The highest BCUT2D eigenvalue weighted by molar-refractivity contribution is 6.31. The van der Waals surface area contributed by atoms with Crippen molar-refractivity contribution in [2.24, 2.45) is 5.92 Å². The van der Waals surface area contributed by atoms with Crippen molar-refractivity contribution in [1.82, 2.24) is 4.90 Å². The summed E-state index contributed by atoms with van der Waals surface area (Å²) >= 11 is 6.54. The molecule has 1 N–H and O–H groups in total. The fraction of sp³-hybridized carbons (Fsp3) is 0.548. The van der Waals surface area contributed by atoms with Gasteiger partial charge < -0.3 is 24.6 Å². The maximum absolute atomic E-state index is 13.6. The summed E-state index contributed by atoms with van der Waals surface area (Å²) in [6.07, 6.45) is 1.60. The van der Waals surface area contributed by atoms with E-state index >= 15 is 0 Å². The van der Waals surface area contributed by atoms with Crippen LogP contribution in [0.3, 0.4) is 0 Å². The summed E-state index contributed by atoms with van der Waals surface area (Å²) in [4.78, 5) is 30.1. The number of likely N-dealkylation sites (tertiary alicyclic amines) is 1. The molecule has 210 valence electrons. The Labute approximate surface area is 236 Å². The molecule has 3 aliphatic rings. The first-order valence-corrected chi connectivity index (χ1v) is 14.2. The first-order chi connectivity index (χ1) is 18.3. The van der Waals surface area contributed by atoms with Gasteiger partial charge in [0.25, 0.3) is 0 Å². The molecule has 8 heteroatoms. The zero-order chi connectivity index (χ0) is 28.2. The van der Waals surface area contributed by atoms with Crippen LogP contribution in [-0.2, 0) is 25.2 Å². The average molecular weight is 554 g/mol. The third-order valence-corrected chi connectivity index (χ3v) is 8.67. The molecule has 39 heavy (non-hydrogen) atoms. The molecule has 2 saturated heterocycles. The largest absolute Gasteiger partial charge is 0.444 e. The van der Waals surface area contributed by atoms with E-state index in [4.69, 9.17) is 21.1 Å². The fourth-order valence-corrected chi connectivity index (χ4v) is 6.25. The third kappa shape index (κ3) is 5.23. The second-order valence-corrected chi connectivity index (χ2v) is 13.2. The molecule has 3 heterocycles. The Balaban J connectivity index is 1.46. The Morgan fingerprint density at radius 3 is 2.49 bits per heavy atom. The van der Waals surface area contributed by atoms with E-state index < -0.39 is 16.6 Å². The number of carbonyl (C=O) groups excluding carboxylic acids is 2. The fourth-order valence-electron chi connectivity index (χ4n) is 6.07. The molecule has 2 aromatic carbocycles. The normalized spacial score (nSPS) is 20.4. The summed E-state index contributed by atoms with van der Waals surface area (Å²) in [6.45, 7) is 14.7. The Hall–Kier alpha value is -2.77. The van der Waals surface area contributed by atoms with Gasteiger partial charge in [-0.3, -0.25) is 4.79 Å². The Morgan fingerprint density at radius 1 is 1.13 bits per heavy atom. The molecule has 7 nitrogen and oxygen atoms in total. The van der Waals surface area contributed by atoms with Crippen molar-refractivity contribution in [3.05, 3.63) is 58.1 Å². The van der Waals surface area contributed by atoms with Crippen LogP contribution < -0.4 is 10.2 Å². The number of anilines is 2. The molecule has 2 fully saturated rings. The van der Waals surface area contributed by atoms with Crippen molar-refractivity contribution < 1.29 is 19.1 Å². The van der Waals surface area contributed by atoms with Gasteiger partial charge in [-0.15, -0.1) is 0 Å². The number of nitrogens with zero attached hydrogens (tertiary/aromatic N) is 2. The highest BCUT2D eigenvalue weighted by atomic mass is 35.5. The van der Waals surface area contributed by atoms with Crippen LogP contribution in [0, 0.1) is 12.8 Å². The van der Waals surface area contributed by atoms with E-state index in [1.807, 2.05) is 64.6 Å². The van der Waals surface area contributed by atoms with Gasteiger partial charge in [0.1, 0.15) is 5.60 Å². The van der Waals surface area contributed by atoms with Crippen LogP contribution in [0.2, 0.25) is 5.02 Å². The van der Waals surface area contributed by atoms with Crippen LogP contribution in [0.4, 0.5) is 16.2 Å². The highest BCUT2D eigenvalue weighted by Crippen LogP contribution is 2.45. The van der Waals surface area contributed by atoms with Crippen molar-refractivity contribution in [1.29, 1.82) is 0 Å². The molecule has 2 aromatic rings. The van der Waals surface area contributed by atoms with Crippen LogP contribution in [0.25, 0.3) is 0 Å². The lowest BCUT2D eigenvalue weighted by Gasteiger charge is -2.51. The molecule has 0 aromatic heterocycles. The Kier molecular flexibility index (Phi) is 7.13. The van der Waals surface area contributed by atoms with Crippen molar-refractivity contribution in [3.8, 4) is 0 Å². The molecular weight excluding hydrogens is 514 g/mol. The molecule has 2 amide bonds. The summed E-state index contributed by atoms with van der Waals surface area (Å²) in [7, 11) is 0. The molecule has 0 spiro atoms. The maximum atomic E-state index is 13.6. The number of carbonyl (C=O) groups is 2. The zero-order valence-electron chi connectivity index (χ0n) is 23.9. The van der Waals surface area contributed by atoms with Crippen LogP contribution in [0.15, 0.2) is 36.4 Å². The van der Waals surface area contributed by atoms with Crippen molar-refractivity contribution in [2.45, 2.75) is 70.9 Å². The standard InChI is InChI=1S/C31H40ClN3O4/c1-20-23(8-7-9-25(20)32)31(18-34(19-31)28(37)39-29(2,3)4)33-22-10-11-24-26(16-22)35(27(36)30(24,5)6)17-21-12-14-38-15-13-21/h7-11,16,21,33H,12-15,17-19H2,1-6H3.